The summed E-state index contributed by atoms with van der Waals surface area (Å²) in [5.74, 6) is -4.59. The molecule has 0 unspecified atom stereocenters. The zero-order valence-corrected chi connectivity index (χ0v) is 47.2. The highest BCUT2D eigenvalue weighted by Gasteiger charge is 2.24. The number of para-hydroxylation sites is 2. The van der Waals surface area contributed by atoms with E-state index in [0.29, 0.717) is 58.5 Å². The molecule has 0 spiro atoms. The Labute approximate surface area is 467 Å². The molecule has 0 bridgehead atoms. The number of rotatable bonds is 21. The Hall–Kier alpha value is -8.36. The van der Waals surface area contributed by atoms with Gasteiger partial charge in [-0.25, -0.2) is 32.3 Å². The summed E-state index contributed by atoms with van der Waals surface area (Å²) in [4.78, 5) is 74.0. The number of hydrogen-bond donors (Lipinski definition) is 4. The van der Waals surface area contributed by atoms with Gasteiger partial charge >= 0.3 is 5.97 Å². The molecule has 0 fully saturated rings. The average molecular weight is 1110 g/mol. The summed E-state index contributed by atoms with van der Waals surface area (Å²) in [7, 11) is 0. The van der Waals surface area contributed by atoms with Gasteiger partial charge in [-0.1, -0.05) is 72.7 Å². The van der Waals surface area contributed by atoms with E-state index in [1.807, 2.05) is 33.8 Å². The predicted molar refractivity (Wildman–Crippen MR) is 311 cm³/mol. The van der Waals surface area contributed by atoms with Crippen molar-refractivity contribution in [2.24, 2.45) is 5.41 Å². The van der Waals surface area contributed by atoms with Crippen LogP contribution in [0.3, 0.4) is 0 Å². The lowest BCUT2D eigenvalue weighted by atomic mass is 9.96. The fraction of sp³-hybridized carbons (Fsp3) is 0.344. The molecule has 0 atom stereocenters. The van der Waals surface area contributed by atoms with Gasteiger partial charge in [0.25, 0.3) is 17.0 Å². The lowest BCUT2D eigenvalue weighted by Gasteiger charge is -2.19. The van der Waals surface area contributed by atoms with Gasteiger partial charge in [0.05, 0.1) is 17.0 Å². The third-order valence-electron chi connectivity index (χ3n) is 13.8. The molecule has 0 aliphatic carbocycles. The van der Waals surface area contributed by atoms with Crippen LogP contribution in [0.15, 0.2) is 107 Å². The molecule has 0 saturated heterocycles. The number of nitrogens with one attached hydrogen (secondary N) is 3. The van der Waals surface area contributed by atoms with Gasteiger partial charge in [0.15, 0.2) is 11.3 Å². The molecule has 0 aliphatic rings. The van der Waals surface area contributed by atoms with E-state index in [1.54, 1.807) is 31.2 Å². The summed E-state index contributed by atoms with van der Waals surface area (Å²) in [6.45, 7) is 25.2. The number of carboxylic acid groups (broad SMARTS) is 1. The zero-order valence-electron chi connectivity index (χ0n) is 47.2. The zero-order chi connectivity index (χ0) is 58.7. The fourth-order valence-electron chi connectivity index (χ4n) is 9.20. The highest BCUT2D eigenvalue weighted by Crippen LogP contribution is 2.34. The van der Waals surface area contributed by atoms with Crippen molar-refractivity contribution in [3.05, 3.63) is 163 Å². The first kappa shape index (κ1) is 60.3. The Bertz CT molecular complexity index is 3660. The lowest BCUT2D eigenvalue weighted by molar-refractivity contribution is 0.0696. The number of aromatic nitrogens is 6. The minimum Gasteiger partial charge on any atom is -0.478 e. The number of carboxylic acids is 1. The van der Waals surface area contributed by atoms with Gasteiger partial charge in [0.1, 0.15) is 34.6 Å². The highest BCUT2D eigenvalue weighted by atomic mass is 19.1. The molecule has 8 aromatic rings. The van der Waals surface area contributed by atoms with Gasteiger partial charge in [-0.3, -0.25) is 23.5 Å². The number of amides is 1. The Balaban J connectivity index is 0.000000235. The van der Waals surface area contributed by atoms with Crippen LogP contribution >= 0.6 is 0 Å². The van der Waals surface area contributed by atoms with Crippen LogP contribution in [-0.4, -0.2) is 115 Å². The number of aromatic carboxylic acids is 1. The standard InChI is InChI=1S/C33H40F2N6O2.C28H29F2N5O3/c1-7-40(8-2)18-10-17-36-32-38-28(24-19-22(14-13-21(24)3)31(43)37-20-33(4,5)6)23-15-16-27(42)41(30(23)39-32)29-25(34)11-9-12-26(29)35;1-4-34(5-2)15-7-14-31-28-32-24(20-16-18(27(37)38)11-10-17(20)3)19-12-13-23(36)35(26(19)33-28)25-21(29)8-6-9-22(25)30/h9,11-16,19H,7-8,10,17-18,20H2,1-6H3,(H,37,43)(H,36,38,39);6,8-13,16H,4-5,7,14-15H2,1-3H3,(H,37,38)(H,31,32,33). The lowest BCUT2D eigenvalue weighted by Crippen LogP contribution is -2.32. The summed E-state index contributed by atoms with van der Waals surface area (Å²) < 4.78 is 61.5. The van der Waals surface area contributed by atoms with Gasteiger partial charge in [-0.05, 0) is 143 Å². The molecule has 0 aliphatic heterocycles. The van der Waals surface area contributed by atoms with Crippen LogP contribution in [0.4, 0.5) is 29.5 Å². The van der Waals surface area contributed by atoms with Gasteiger partial charge in [-0.15, -0.1) is 0 Å². The van der Waals surface area contributed by atoms with E-state index in [-0.39, 0.29) is 40.1 Å². The molecule has 4 N–H and O–H groups in total. The van der Waals surface area contributed by atoms with Gasteiger partial charge in [0, 0.05) is 59.2 Å². The number of halogens is 4. The first-order chi connectivity index (χ1) is 38.7. The first-order valence-corrected chi connectivity index (χ1v) is 27.1. The van der Waals surface area contributed by atoms with Gasteiger partial charge < -0.3 is 30.9 Å². The highest BCUT2D eigenvalue weighted by molar-refractivity contribution is 5.99. The summed E-state index contributed by atoms with van der Waals surface area (Å²) in [5.41, 5.74) is 1.57. The Morgan fingerprint density at radius 1 is 0.568 bits per heavy atom. The molecule has 0 radical (unpaired) electrons. The molecule has 8 rings (SSSR count). The Morgan fingerprint density at radius 3 is 1.35 bits per heavy atom. The summed E-state index contributed by atoms with van der Waals surface area (Å²) in [6.07, 6.45) is 1.60. The minimum absolute atomic E-state index is 0.00197. The van der Waals surface area contributed by atoms with E-state index in [4.69, 9.17) is 4.98 Å². The van der Waals surface area contributed by atoms with Crippen molar-refractivity contribution in [3.63, 3.8) is 0 Å². The normalized spacial score (nSPS) is 11.5. The minimum atomic E-state index is -1.11. The van der Waals surface area contributed by atoms with Crippen LogP contribution in [-0.2, 0) is 0 Å². The number of aryl methyl sites for hydroxylation is 2. The van der Waals surface area contributed by atoms with E-state index in [9.17, 15) is 33.1 Å². The summed E-state index contributed by atoms with van der Waals surface area (Å²) in [5, 5.41) is 19.7. The molecule has 20 heteroatoms. The molecule has 0 saturated carbocycles. The molecule has 426 valence electrons. The van der Waals surface area contributed by atoms with E-state index in [0.717, 1.165) is 96.6 Å². The van der Waals surface area contributed by atoms with Crippen molar-refractivity contribution in [1.82, 2.24) is 44.2 Å². The summed E-state index contributed by atoms with van der Waals surface area (Å²) >= 11 is 0. The molecule has 81 heavy (non-hydrogen) atoms. The SMILES string of the molecule is CCN(CC)CCCNc1nc(-c2cc(C(=O)NCC(C)(C)C)ccc2C)c2ccc(=O)n(-c3c(F)cccc3F)c2n1.CCN(CC)CCCNc1nc(-c2cc(C(=O)O)ccc2C)c2ccc(=O)n(-c3c(F)cccc3F)c2n1. The summed E-state index contributed by atoms with van der Waals surface area (Å²) in [6, 6.07) is 22.2. The topological polar surface area (TPSA) is 192 Å². The molecular formula is C61H69F4N11O5. The van der Waals surface area contributed by atoms with Crippen LogP contribution in [0.1, 0.15) is 93.2 Å². The van der Waals surface area contributed by atoms with Crippen molar-refractivity contribution in [2.75, 3.05) is 69.5 Å². The van der Waals surface area contributed by atoms with Crippen LogP contribution in [0, 0.1) is 42.5 Å². The Morgan fingerprint density at radius 2 is 0.963 bits per heavy atom. The molecule has 4 aromatic heterocycles. The number of carbonyl (C=O) groups excluding carboxylic acids is 1. The van der Waals surface area contributed by atoms with E-state index in [1.165, 1.54) is 42.5 Å². The number of carbonyl (C=O) groups is 2. The van der Waals surface area contributed by atoms with Crippen LogP contribution in [0.25, 0.3) is 56.0 Å². The third kappa shape index (κ3) is 14.3. The monoisotopic (exact) mass is 1110 g/mol. The molecule has 16 nitrogen and oxygen atoms in total. The van der Waals surface area contributed by atoms with Crippen LogP contribution in [0.5, 0.6) is 0 Å². The second-order valence-electron chi connectivity index (χ2n) is 20.6. The molecule has 4 heterocycles. The van der Waals surface area contributed by atoms with E-state index in [2.05, 4.69) is 68.4 Å². The fourth-order valence-corrected chi connectivity index (χ4v) is 9.20. The van der Waals surface area contributed by atoms with Crippen molar-refractivity contribution in [1.29, 1.82) is 0 Å². The number of hydrogen-bond acceptors (Lipinski definition) is 12. The van der Waals surface area contributed by atoms with Crippen LogP contribution in [0.2, 0.25) is 0 Å². The maximum absolute atomic E-state index is 15.0. The van der Waals surface area contributed by atoms with Crippen molar-refractivity contribution in [2.45, 2.75) is 75.2 Å². The Kier molecular flexibility index (Phi) is 19.9. The maximum Gasteiger partial charge on any atom is 0.335 e. The second kappa shape index (κ2) is 26.7. The van der Waals surface area contributed by atoms with Gasteiger partial charge in [0.2, 0.25) is 11.9 Å². The quantitative estimate of drug-likeness (QED) is 0.0393. The smallest absolute Gasteiger partial charge is 0.335 e. The molecular weight excluding hydrogens is 1040 g/mol. The second-order valence-corrected chi connectivity index (χ2v) is 20.6. The molecule has 4 aromatic carbocycles. The number of fused-ring (bicyclic) bond motifs is 2. The largest absolute Gasteiger partial charge is 0.478 e. The average Bonchev–Trinajstić information content (AvgIpc) is 3.48. The van der Waals surface area contributed by atoms with Crippen molar-refractivity contribution >= 4 is 45.8 Å². The number of pyridine rings is 2. The number of nitrogens with zero attached hydrogens (tertiary/aromatic N) is 8. The molecule has 1 amide bonds. The van der Waals surface area contributed by atoms with Gasteiger partial charge in [-0.2, -0.15) is 9.97 Å². The predicted octanol–water partition coefficient (Wildman–Crippen LogP) is 10.8. The van der Waals surface area contributed by atoms with E-state index >= 15 is 8.78 Å². The number of benzene rings is 4. The van der Waals surface area contributed by atoms with Crippen molar-refractivity contribution < 1.29 is 32.3 Å². The first-order valence-electron chi connectivity index (χ1n) is 27.1. The van der Waals surface area contributed by atoms with Crippen LogP contribution < -0.4 is 27.1 Å². The van der Waals surface area contributed by atoms with E-state index < -0.39 is 51.7 Å². The number of anilines is 2. The van der Waals surface area contributed by atoms with Crippen molar-refractivity contribution in [3.8, 4) is 33.9 Å². The maximum atomic E-state index is 15.0. The third-order valence-corrected chi connectivity index (χ3v) is 13.8.